The van der Waals surface area contributed by atoms with E-state index in [9.17, 15) is 9.18 Å². The normalized spacial score (nSPS) is 10.4. The van der Waals surface area contributed by atoms with Crippen molar-refractivity contribution in [1.29, 1.82) is 0 Å². The Morgan fingerprint density at radius 1 is 1.52 bits per heavy atom. The Bertz CT molecular complexity index is 660. The van der Waals surface area contributed by atoms with E-state index in [1.165, 1.54) is 6.07 Å². The van der Waals surface area contributed by atoms with E-state index in [4.69, 9.17) is 10.5 Å². The summed E-state index contributed by atoms with van der Waals surface area (Å²) in [5, 5.41) is 4.90. The van der Waals surface area contributed by atoms with E-state index < -0.39 is 11.8 Å². The minimum absolute atomic E-state index is 0.0637. The molecule has 0 aliphatic carbocycles. The van der Waals surface area contributed by atoms with Crippen molar-refractivity contribution in [1.82, 2.24) is 0 Å². The molecule has 0 unspecified atom stereocenters. The van der Waals surface area contributed by atoms with E-state index in [0.29, 0.717) is 6.54 Å². The Labute approximate surface area is 134 Å². The van der Waals surface area contributed by atoms with Gasteiger partial charge in [0.05, 0.1) is 24.4 Å². The Kier molecular flexibility index (Phi) is 5.19. The summed E-state index contributed by atoms with van der Waals surface area (Å²) < 4.78 is 19.8. The number of hydrogen-bond acceptors (Lipinski definition) is 5. The maximum absolute atomic E-state index is 13.9. The number of nitrogens with one attached hydrogen (secondary N) is 1. The number of anilines is 2. The van der Waals surface area contributed by atoms with Gasteiger partial charge in [0.1, 0.15) is 5.82 Å². The fraction of sp³-hybridized carbons (Fsp3) is 0.214. The first kappa shape index (κ1) is 15.8. The van der Waals surface area contributed by atoms with Crippen LogP contribution in [0, 0.1) is 5.82 Å². The molecule has 1 heterocycles. The highest BCUT2D eigenvalue weighted by Crippen LogP contribution is 2.26. The summed E-state index contributed by atoms with van der Waals surface area (Å²) in [4.78, 5) is 12.8. The van der Waals surface area contributed by atoms with Crippen LogP contribution in [0.25, 0.3) is 0 Å². The van der Waals surface area contributed by atoms with E-state index in [0.717, 1.165) is 15.4 Å². The third-order valence-corrected chi connectivity index (χ3v) is 4.69. The van der Waals surface area contributed by atoms with Crippen LogP contribution in [0.5, 0.6) is 0 Å². The Morgan fingerprint density at radius 3 is 2.90 bits per heavy atom. The minimum atomic E-state index is -0.560. The lowest BCUT2D eigenvalue weighted by molar-refractivity contribution is 0.0527. The van der Waals surface area contributed by atoms with E-state index in [2.05, 4.69) is 21.2 Å². The molecule has 0 saturated carbocycles. The monoisotopic (exact) mass is 372 g/mol. The number of benzene rings is 1. The Morgan fingerprint density at radius 2 is 2.29 bits per heavy atom. The second-order valence-electron chi connectivity index (χ2n) is 4.19. The van der Waals surface area contributed by atoms with Gasteiger partial charge in [0.15, 0.2) is 0 Å². The smallest absolute Gasteiger partial charge is 0.340 e. The number of carbonyl (C=O) groups excluding carboxylic acids is 1. The third-order valence-electron chi connectivity index (χ3n) is 2.76. The van der Waals surface area contributed by atoms with Gasteiger partial charge < -0.3 is 15.8 Å². The van der Waals surface area contributed by atoms with Crippen molar-refractivity contribution in [2.75, 3.05) is 17.7 Å². The first-order chi connectivity index (χ1) is 10.0. The van der Waals surface area contributed by atoms with Gasteiger partial charge in [-0.3, -0.25) is 0 Å². The van der Waals surface area contributed by atoms with Crippen LogP contribution in [0.4, 0.5) is 15.8 Å². The molecule has 1 aromatic carbocycles. The summed E-state index contributed by atoms with van der Waals surface area (Å²) in [5.41, 5.74) is 6.10. The number of halogens is 2. The van der Waals surface area contributed by atoms with Crippen LogP contribution in [-0.2, 0) is 11.3 Å². The standard InChI is InChI=1S/C14H14BrFN2O2S/c1-2-20-14(19)8-5-12(10(16)6-11(8)17)18-7-13-9(15)3-4-21-13/h3-6,18H,2,7,17H2,1H3. The highest BCUT2D eigenvalue weighted by Gasteiger charge is 2.15. The number of nitrogens with two attached hydrogens (primary N) is 1. The molecular formula is C14H14BrFN2O2S. The first-order valence-electron chi connectivity index (χ1n) is 6.24. The van der Waals surface area contributed by atoms with Crippen LogP contribution in [0.15, 0.2) is 28.1 Å². The molecule has 3 N–H and O–H groups in total. The largest absolute Gasteiger partial charge is 0.462 e. The van der Waals surface area contributed by atoms with Gasteiger partial charge in [0.2, 0.25) is 0 Å². The number of rotatable bonds is 5. The maximum atomic E-state index is 13.9. The summed E-state index contributed by atoms with van der Waals surface area (Å²) in [6.45, 7) is 2.38. The lowest BCUT2D eigenvalue weighted by Gasteiger charge is -2.11. The number of thiophene rings is 1. The summed E-state index contributed by atoms with van der Waals surface area (Å²) in [6, 6.07) is 4.42. The molecule has 0 aliphatic heterocycles. The van der Waals surface area contributed by atoms with Gasteiger partial charge in [-0.2, -0.15) is 0 Å². The Balaban J connectivity index is 2.21. The lowest BCUT2D eigenvalue weighted by Crippen LogP contribution is -2.10. The van der Waals surface area contributed by atoms with E-state index >= 15 is 0 Å². The van der Waals surface area contributed by atoms with Crippen molar-refractivity contribution in [3.8, 4) is 0 Å². The molecule has 2 rings (SSSR count). The Hall–Kier alpha value is -1.60. The van der Waals surface area contributed by atoms with Gasteiger partial charge in [-0.1, -0.05) is 0 Å². The molecule has 0 radical (unpaired) electrons. The summed E-state index contributed by atoms with van der Waals surface area (Å²) in [5.74, 6) is -1.07. The zero-order chi connectivity index (χ0) is 15.4. The number of nitrogen functional groups attached to an aromatic ring is 1. The quantitative estimate of drug-likeness (QED) is 0.614. The van der Waals surface area contributed by atoms with E-state index in [1.54, 1.807) is 18.3 Å². The molecule has 21 heavy (non-hydrogen) atoms. The summed E-state index contributed by atoms with van der Waals surface area (Å²) >= 11 is 4.96. The molecule has 4 nitrogen and oxygen atoms in total. The van der Waals surface area contributed by atoms with Gasteiger partial charge in [-0.25, -0.2) is 9.18 Å². The SMILES string of the molecule is CCOC(=O)c1cc(NCc2sccc2Br)c(F)cc1N. The molecular weight excluding hydrogens is 359 g/mol. The van der Waals surface area contributed by atoms with E-state index in [-0.39, 0.29) is 23.5 Å². The van der Waals surface area contributed by atoms with Crippen molar-refractivity contribution in [2.45, 2.75) is 13.5 Å². The van der Waals surface area contributed by atoms with Crippen LogP contribution < -0.4 is 11.1 Å². The zero-order valence-electron chi connectivity index (χ0n) is 11.3. The molecule has 0 atom stereocenters. The fourth-order valence-electron chi connectivity index (χ4n) is 1.74. The number of esters is 1. The predicted octanol–water partition coefficient (Wildman–Crippen LogP) is 4.02. The van der Waals surface area contributed by atoms with Crippen molar-refractivity contribution in [3.05, 3.63) is 44.3 Å². The molecule has 1 aromatic heterocycles. The topological polar surface area (TPSA) is 64.3 Å². The first-order valence-corrected chi connectivity index (χ1v) is 7.92. The van der Waals surface area contributed by atoms with Crippen LogP contribution in [0.2, 0.25) is 0 Å². The van der Waals surface area contributed by atoms with Crippen molar-refractivity contribution in [3.63, 3.8) is 0 Å². The van der Waals surface area contributed by atoms with Crippen LogP contribution in [-0.4, -0.2) is 12.6 Å². The lowest BCUT2D eigenvalue weighted by atomic mass is 10.1. The maximum Gasteiger partial charge on any atom is 0.340 e. The van der Waals surface area contributed by atoms with Crippen LogP contribution >= 0.6 is 27.3 Å². The summed E-state index contributed by atoms with van der Waals surface area (Å²) in [6.07, 6.45) is 0. The van der Waals surface area contributed by atoms with Crippen molar-refractivity contribution in [2.24, 2.45) is 0 Å². The minimum Gasteiger partial charge on any atom is -0.462 e. The number of ether oxygens (including phenoxy) is 1. The highest BCUT2D eigenvalue weighted by molar-refractivity contribution is 9.10. The zero-order valence-corrected chi connectivity index (χ0v) is 13.7. The molecule has 112 valence electrons. The summed E-state index contributed by atoms with van der Waals surface area (Å²) in [7, 11) is 0. The second kappa shape index (κ2) is 6.91. The van der Waals surface area contributed by atoms with Gasteiger partial charge >= 0.3 is 5.97 Å². The number of carbonyl (C=O) groups is 1. The predicted molar refractivity (Wildman–Crippen MR) is 86.1 cm³/mol. The highest BCUT2D eigenvalue weighted by atomic mass is 79.9. The second-order valence-corrected chi connectivity index (χ2v) is 6.04. The third kappa shape index (κ3) is 3.74. The molecule has 0 bridgehead atoms. The number of hydrogen-bond donors (Lipinski definition) is 2. The molecule has 0 spiro atoms. The molecule has 2 aromatic rings. The van der Waals surface area contributed by atoms with Crippen LogP contribution in [0.1, 0.15) is 22.2 Å². The molecule has 0 saturated heterocycles. The van der Waals surface area contributed by atoms with Gasteiger partial charge in [-0.05, 0) is 46.4 Å². The van der Waals surface area contributed by atoms with Crippen molar-refractivity contribution < 1.29 is 13.9 Å². The van der Waals surface area contributed by atoms with Crippen LogP contribution in [0.3, 0.4) is 0 Å². The molecule has 0 fully saturated rings. The molecule has 0 amide bonds. The van der Waals surface area contributed by atoms with Gasteiger partial charge in [0.25, 0.3) is 0 Å². The van der Waals surface area contributed by atoms with Crippen molar-refractivity contribution >= 4 is 44.6 Å². The fourth-order valence-corrected chi connectivity index (χ4v) is 3.17. The van der Waals surface area contributed by atoms with E-state index in [1.807, 2.05) is 11.4 Å². The van der Waals surface area contributed by atoms with Gasteiger partial charge in [0, 0.05) is 15.0 Å². The molecule has 7 heteroatoms. The average Bonchev–Trinajstić information content (AvgIpc) is 2.83. The van der Waals surface area contributed by atoms with Gasteiger partial charge in [-0.15, -0.1) is 11.3 Å². The molecule has 0 aliphatic rings. The average molecular weight is 373 g/mol.